The van der Waals surface area contributed by atoms with Gasteiger partial charge in [-0.1, -0.05) is 6.42 Å². The van der Waals surface area contributed by atoms with Crippen molar-refractivity contribution in [2.45, 2.75) is 58.0 Å². The quantitative estimate of drug-likeness (QED) is 0.715. The number of imide groups is 1. The standard InChI is InChI=1S/C14H27N3O3/c1-14(2,3)16-13(20)15-12(19)10-17-8-5-4-6-11(17)7-9-18/h11,18H,4-10H2,1-3H3,(H2,15,16,19,20). The average molecular weight is 285 g/mol. The van der Waals surface area contributed by atoms with Gasteiger partial charge in [-0.15, -0.1) is 0 Å². The third-order valence-electron chi connectivity index (χ3n) is 3.30. The molecule has 6 nitrogen and oxygen atoms in total. The van der Waals surface area contributed by atoms with Gasteiger partial charge in [0.25, 0.3) is 0 Å². The Balaban J connectivity index is 2.42. The van der Waals surface area contributed by atoms with E-state index in [0.717, 1.165) is 25.8 Å². The molecule has 6 heteroatoms. The number of carbonyl (C=O) groups is 2. The molecule has 1 heterocycles. The molecule has 1 unspecified atom stereocenters. The van der Waals surface area contributed by atoms with Gasteiger partial charge < -0.3 is 10.4 Å². The Labute approximate surface area is 120 Å². The molecule has 3 amide bonds. The summed E-state index contributed by atoms with van der Waals surface area (Å²) in [6, 6.07) is -0.219. The zero-order chi connectivity index (χ0) is 15.2. The second-order valence-electron chi connectivity index (χ2n) is 6.38. The van der Waals surface area contributed by atoms with Crippen LogP contribution in [0.3, 0.4) is 0 Å². The molecule has 0 aromatic heterocycles. The Morgan fingerprint density at radius 3 is 2.60 bits per heavy atom. The maximum absolute atomic E-state index is 11.9. The van der Waals surface area contributed by atoms with Gasteiger partial charge in [0.15, 0.2) is 0 Å². The van der Waals surface area contributed by atoms with Crippen molar-refractivity contribution >= 4 is 11.9 Å². The van der Waals surface area contributed by atoms with Gasteiger partial charge in [0.1, 0.15) is 0 Å². The summed E-state index contributed by atoms with van der Waals surface area (Å²) in [7, 11) is 0. The number of aliphatic hydroxyl groups excluding tert-OH is 1. The Morgan fingerprint density at radius 1 is 1.30 bits per heavy atom. The van der Waals surface area contributed by atoms with Crippen molar-refractivity contribution in [3.63, 3.8) is 0 Å². The predicted octanol–water partition coefficient (Wildman–Crippen LogP) is 0.848. The lowest BCUT2D eigenvalue weighted by atomic mass is 10.00. The number of nitrogens with zero attached hydrogens (tertiary/aromatic N) is 1. The minimum atomic E-state index is -0.460. The molecule has 0 aliphatic carbocycles. The molecule has 0 bridgehead atoms. The van der Waals surface area contributed by atoms with E-state index in [-0.39, 0.29) is 30.6 Å². The van der Waals surface area contributed by atoms with Gasteiger partial charge in [0.05, 0.1) is 6.54 Å². The number of hydrogen-bond donors (Lipinski definition) is 3. The van der Waals surface area contributed by atoms with Crippen molar-refractivity contribution in [2.24, 2.45) is 0 Å². The molecule has 20 heavy (non-hydrogen) atoms. The second kappa shape index (κ2) is 7.59. The third-order valence-corrected chi connectivity index (χ3v) is 3.30. The predicted molar refractivity (Wildman–Crippen MR) is 77.3 cm³/mol. The van der Waals surface area contributed by atoms with Crippen LogP contribution in [-0.4, -0.2) is 53.2 Å². The molecule has 3 N–H and O–H groups in total. The summed E-state index contributed by atoms with van der Waals surface area (Å²) in [5.74, 6) is -0.295. The topological polar surface area (TPSA) is 81.7 Å². The molecule has 0 radical (unpaired) electrons. The molecule has 1 fully saturated rings. The lowest BCUT2D eigenvalue weighted by Gasteiger charge is -2.34. The van der Waals surface area contributed by atoms with Crippen LogP contribution in [0.15, 0.2) is 0 Å². The summed E-state index contributed by atoms with van der Waals surface area (Å²) in [5, 5.41) is 14.1. The fourth-order valence-corrected chi connectivity index (χ4v) is 2.47. The number of rotatable bonds is 4. The molecular formula is C14H27N3O3. The number of likely N-dealkylation sites (tertiary alicyclic amines) is 1. The molecule has 0 aromatic rings. The molecule has 0 saturated carbocycles. The van der Waals surface area contributed by atoms with E-state index in [9.17, 15) is 9.59 Å². The summed E-state index contributed by atoms with van der Waals surface area (Å²) >= 11 is 0. The number of nitrogens with one attached hydrogen (secondary N) is 2. The van der Waals surface area contributed by atoms with Gasteiger partial charge in [-0.3, -0.25) is 15.0 Å². The minimum Gasteiger partial charge on any atom is -0.396 e. The number of urea groups is 1. The summed E-state index contributed by atoms with van der Waals surface area (Å²) in [6.07, 6.45) is 3.88. The Kier molecular flexibility index (Phi) is 6.42. The lowest BCUT2D eigenvalue weighted by Crippen LogP contribution is -2.52. The Hall–Kier alpha value is -1.14. The summed E-state index contributed by atoms with van der Waals surface area (Å²) < 4.78 is 0. The van der Waals surface area contributed by atoms with Crippen molar-refractivity contribution in [3.05, 3.63) is 0 Å². The second-order valence-corrected chi connectivity index (χ2v) is 6.38. The van der Waals surface area contributed by atoms with Gasteiger partial charge in [0.2, 0.25) is 5.91 Å². The van der Waals surface area contributed by atoms with Crippen LogP contribution in [0.4, 0.5) is 4.79 Å². The van der Waals surface area contributed by atoms with E-state index in [2.05, 4.69) is 15.5 Å². The van der Waals surface area contributed by atoms with Crippen LogP contribution in [0.25, 0.3) is 0 Å². The third kappa shape index (κ3) is 6.34. The van der Waals surface area contributed by atoms with Crippen LogP contribution in [0, 0.1) is 0 Å². The van der Waals surface area contributed by atoms with Crippen LogP contribution in [0.2, 0.25) is 0 Å². The smallest absolute Gasteiger partial charge is 0.321 e. The summed E-state index contributed by atoms with van der Waals surface area (Å²) in [6.45, 7) is 6.77. The Bertz CT molecular complexity index is 337. The first-order valence-electron chi connectivity index (χ1n) is 7.29. The monoisotopic (exact) mass is 285 g/mol. The minimum absolute atomic E-state index is 0.132. The first-order valence-corrected chi connectivity index (χ1v) is 7.29. The number of piperidine rings is 1. The number of amides is 3. The van der Waals surface area contributed by atoms with Gasteiger partial charge in [-0.25, -0.2) is 4.79 Å². The van der Waals surface area contributed by atoms with Crippen molar-refractivity contribution in [2.75, 3.05) is 19.7 Å². The van der Waals surface area contributed by atoms with Crippen LogP contribution in [-0.2, 0) is 4.79 Å². The van der Waals surface area contributed by atoms with Crippen molar-refractivity contribution in [1.82, 2.24) is 15.5 Å². The maximum Gasteiger partial charge on any atom is 0.321 e. The normalized spacial score (nSPS) is 20.5. The van der Waals surface area contributed by atoms with Gasteiger partial charge in [-0.05, 0) is 46.6 Å². The number of hydrogen-bond acceptors (Lipinski definition) is 4. The van der Waals surface area contributed by atoms with Crippen molar-refractivity contribution in [1.29, 1.82) is 0 Å². The van der Waals surface area contributed by atoms with Crippen molar-refractivity contribution < 1.29 is 14.7 Å². The zero-order valence-electron chi connectivity index (χ0n) is 12.7. The highest BCUT2D eigenvalue weighted by molar-refractivity contribution is 5.95. The van der Waals surface area contributed by atoms with Crippen LogP contribution in [0.5, 0.6) is 0 Å². The first kappa shape index (κ1) is 16.9. The van der Waals surface area contributed by atoms with E-state index >= 15 is 0 Å². The van der Waals surface area contributed by atoms with E-state index in [1.165, 1.54) is 0 Å². The highest BCUT2D eigenvalue weighted by Gasteiger charge is 2.24. The fourth-order valence-electron chi connectivity index (χ4n) is 2.47. The fraction of sp³-hybridized carbons (Fsp3) is 0.857. The van der Waals surface area contributed by atoms with Crippen LogP contribution >= 0.6 is 0 Å². The van der Waals surface area contributed by atoms with Crippen LogP contribution in [0.1, 0.15) is 46.5 Å². The lowest BCUT2D eigenvalue weighted by molar-refractivity contribution is -0.122. The summed E-state index contributed by atoms with van der Waals surface area (Å²) in [4.78, 5) is 25.6. The number of aliphatic hydroxyl groups is 1. The molecule has 1 aliphatic rings. The summed E-state index contributed by atoms with van der Waals surface area (Å²) in [5.41, 5.74) is -0.366. The molecule has 0 spiro atoms. The first-order chi connectivity index (χ1) is 9.31. The van der Waals surface area contributed by atoms with E-state index in [4.69, 9.17) is 5.11 Å². The zero-order valence-corrected chi connectivity index (χ0v) is 12.7. The molecule has 1 saturated heterocycles. The molecule has 1 rings (SSSR count). The molecule has 1 atom stereocenters. The molecular weight excluding hydrogens is 258 g/mol. The SMILES string of the molecule is CC(C)(C)NC(=O)NC(=O)CN1CCCCC1CCO. The van der Waals surface area contributed by atoms with Crippen LogP contribution < -0.4 is 10.6 Å². The molecule has 0 aromatic carbocycles. The largest absolute Gasteiger partial charge is 0.396 e. The number of carbonyl (C=O) groups excluding carboxylic acids is 2. The highest BCUT2D eigenvalue weighted by Crippen LogP contribution is 2.18. The van der Waals surface area contributed by atoms with Gasteiger partial charge >= 0.3 is 6.03 Å². The highest BCUT2D eigenvalue weighted by atomic mass is 16.3. The van der Waals surface area contributed by atoms with E-state index in [1.54, 1.807) is 0 Å². The molecule has 116 valence electrons. The Morgan fingerprint density at radius 2 is 2.00 bits per heavy atom. The van der Waals surface area contributed by atoms with E-state index in [0.29, 0.717) is 6.42 Å². The maximum atomic E-state index is 11.9. The van der Waals surface area contributed by atoms with Gasteiger partial charge in [-0.2, -0.15) is 0 Å². The van der Waals surface area contributed by atoms with E-state index < -0.39 is 6.03 Å². The average Bonchev–Trinajstić information content (AvgIpc) is 2.29. The van der Waals surface area contributed by atoms with Crippen molar-refractivity contribution in [3.8, 4) is 0 Å². The molecule has 1 aliphatic heterocycles. The van der Waals surface area contributed by atoms with Gasteiger partial charge in [0, 0.05) is 18.2 Å². The van der Waals surface area contributed by atoms with E-state index in [1.807, 2.05) is 20.8 Å².